The van der Waals surface area contributed by atoms with Gasteiger partial charge in [0.15, 0.2) is 0 Å². The highest BCUT2D eigenvalue weighted by atomic mass is 16.4. The summed E-state index contributed by atoms with van der Waals surface area (Å²) in [5, 5.41) is 12.2. The molecule has 6 nitrogen and oxygen atoms in total. The van der Waals surface area contributed by atoms with Crippen LogP contribution in [0.15, 0.2) is 18.3 Å². The zero-order chi connectivity index (χ0) is 14.8. The summed E-state index contributed by atoms with van der Waals surface area (Å²) in [7, 11) is 0. The molecule has 0 aliphatic carbocycles. The second-order valence-electron chi connectivity index (χ2n) is 5.01. The van der Waals surface area contributed by atoms with Gasteiger partial charge in [0.25, 0.3) is 0 Å². The van der Waals surface area contributed by atoms with E-state index in [1.807, 2.05) is 0 Å². The Hall–Kier alpha value is -2.11. The van der Waals surface area contributed by atoms with Crippen molar-refractivity contribution in [2.45, 2.75) is 38.6 Å². The third-order valence-electron chi connectivity index (χ3n) is 3.97. The SMILES string of the molecule is CCC1(C(=O)O)CCCN1C(=O)Nc1cccnc1C. The minimum Gasteiger partial charge on any atom is -0.479 e. The zero-order valence-electron chi connectivity index (χ0n) is 11.7. The van der Waals surface area contributed by atoms with Crippen LogP contribution in [-0.2, 0) is 4.79 Å². The molecule has 0 spiro atoms. The van der Waals surface area contributed by atoms with E-state index < -0.39 is 11.5 Å². The summed E-state index contributed by atoms with van der Waals surface area (Å²) >= 11 is 0. The predicted octanol–water partition coefficient (Wildman–Crippen LogP) is 2.25. The summed E-state index contributed by atoms with van der Waals surface area (Å²) in [6, 6.07) is 3.12. The number of carbonyl (C=O) groups excluding carboxylic acids is 1. The van der Waals surface area contributed by atoms with Gasteiger partial charge in [-0.05, 0) is 38.3 Å². The highest BCUT2D eigenvalue weighted by Crippen LogP contribution is 2.33. The number of likely N-dealkylation sites (tertiary alicyclic amines) is 1. The molecule has 0 saturated carbocycles. The Balaban J connectivity index is 2.21. The van der Waals surface area contributed by atoms with E-state index in [4.69, 9.17) is 0 Å². The van der Waals surface area contributed by atoms with E-state index in [9.17, 15) is 14.7 Å². The molecule has 20 heavy (non-hydrogen) atoms. The molecular formula is C14H19N3O3. The highest BCUT2D eigenvalue weighted by Gasteiger charge is 2.48. The topological polar surface area (TPSA) is 82.5 Å². The number of nitrogens with one attached hydrogen (secondary N) is 1. The van der Waals surface area contributed by atoms with Crippen molar-refractivity contribution >= 4 is 17.7 Å². The number of aromatic nitrogens is 1. The fourth-order valence-electron chi connectivity index (χ4n) is 2.71. The first kappa shape index (κ1) is 14.3. The Morgan fingerprint density at radius 3 is 2.90 bits per heavy atom. The van der Waals surface area contributed by atoms with Crippen molar-refractivity contribution in [2.75, 3.05) is 11.9 Å². The Labute approximate surface area is 117 Å². The third kappa shape index (κ3) is 2.33. The van der Waals surface area contributed by atoms with Gasteiger partial charge >= 0.3 is 12.0 Å². The number of hydrogen-bond donors (Lipinski definition) is 2. The molecule has 0 bridgehead atoms. The summed E-state index contributed by atoms with van der Waals surface area (Å²) in [6.07, 6.45) is 3.26. The Kier molecular flexibility index (Phi) is 3.92. The molecule has 1 aliphatic rings. The van der Waals surface area contributed by atoms with Gasteiger partial charge in [-0.3, -0.25) is 4.98 Å². The van der Waals surface area contributed by atoms with Crippen LogP contribution in [0.5, 0.6) is 0 Å². The molecule has 0 aromatic carbocycles. The van der Waals surface area contributed by atoms with E-state index in [-0.39, 0.29) is 6.03 Å². The first-order valence-corrected chi connectivity index (χ1v) is 6.75. The lowest BCUT2D eigenvalue weighted by Gasteiger charge is -2.33. The Morgan fingerprint density at radius 1 is 1.55 bits per heavy atom. The average Bonchev–Trinajstić information content (AvgIpc) is 2.86. The molecule has 6 heteroatoms. The number of carboxylic acid groups (broad SMARTS) is 1. The maximum Gasteiger partial charge on any atom is 0.329 e. The van der Waals surface area contributed by atoms with Crippen LogP contribution in [0.2, 0.25) is 0 Å². The van der Waals surface area contributed by atoms with Crippen LogP contribution in [0.4, 0.5) is 10.5 Å². The maximum atomic E-state index is 12.4. The highest BCUT2D eigenvalue weighted by molar-refractivity contribution is 5.94. The number of carboxylic acids is 1. The van der Waals surface area contributed by atoms with Crippen LogP contribution in [0.25, 0.3) is 0 Å². The molecule has 2 N–H and O–H groups in total. The largest absolute Gasteiger partial charge is 0.479 e. The van der Waals surface area contributed by atoms with Crippen molar-refractivity contribution in [1.29, 1.82) is 0 Å². The van der Waals surface area contributed by atoms with E-state index in [2.05, 4.69) is 10.3 Å². The summed E-state index contributed by atoms with van der Waals surface area (Å²) in [5.74, 6) is -0.935. The molecule has 0 radical (unpaired) electrons. The molecule has 1 aromatic rings. The first-order chi connectivity index (χ1) is 9.51. The smallest absolute Gasteiger partial charge is 0.329 e. The van der Waals surface area contributed by atoms with Gasteiger partial charge in [0.05, 0.1) is 11.4 Å². The third-order valence-corrected chi connectivity index (χ3v) is 3.97. The minimum atomic E-state index is -1.08. The molecular weight excluding hydrogens is 258 g/mol. The second-order valence-corrected chi connectivity index (χ2v) is 5.01. The normalized spacial score (nSPS) is 21.8. The van der Waals surface area contributed by atoms with E-state index in [0.29, 0.717) is 37.2 Å². The molecule has 1 aliphatic heterocycles. The van der Waals surface area contributed by atoms with Gasteiger partial charge in [0.2, 0.25) is 0 Å². The molecule has 2 heterocycles. The predicted molar refractivity (Wildman–Crippen MR) is 74.6 cm³/mol. The summed E-state index contributed by atoms with van der Waals surface area (Å²) in [5.41, 5.74) is 0.234. The number of nitrogens with zero attached hydrogens (tertiary/aromatic N) is 2. The molecule has 1 atom stereocenters. The Morgan fingerprint density at radius 2 is 2.30 bits per heavy atom. The van der Waals surface area contributed by atoms with Crippen molar-refractivity contribution in [3.8, 4) is 0 Å². The number of pyridine rings is 1. The van der Waals surface area contributed by atoms with Crippen LogP contribution in [0, 0.1) is 6.92 Å². The van der Waals surface area contributed by atoms with Crippen molar-refractivity contribution in [2.24, 2.45) is 0 Å². The van der Waals surface area contributed by atoms with Crippen LogP contribution >= 0.6 is 0 Å². The van der Waals surface area contributed by atoms with Crippen molar-refractivity contribution < 1.29 is 14.7 Å². The molecule has 1 fully saturated rings. The van der Waals surface area contributed by atoms with Gasteiger partial charge in [-0.2, -0.15) is 0 Å². The van der Waals surface area contributed by atoms with Gasteiger partial charge < -0.3 is 15.3 Å². The fraction of sp³-hybridized carbons (Fsp3) is 0.500. The quantitative estimate of drug-likeness (QED) is 0.887. The summed E-state index contributed by atoms with van der Waals surface area (Å²) < 4.78 is 0. The van der Waals surface area contributed by atoms with E-state index in [1.54, 1.807) is 32.2 Å². The van der Waals surface area contributed by atoms with Crippen LogP contribution < -0.4 is 5.32 Å². The van der Waals surface area contributed by atoms with Crippen LogP contribution in [-0.4, -0.2) is 39.1 Å². The van der Waals surface area contributed by atoms with E-state index >= 15 is 0 Å². The number of hydrogen-bond acceptors (Lipinski definition) is 3. The average molecular weight is 277 g/mol. The van der Waals surface area contributed by atoms with Gasteiger partial charge in [-0.15, -0.1) is 0 Å². The van der Waals surface area contributed by atoms with Crippen molar-refractivity contribution in [3.05, 3.63) is 24.0 Å². The van der Waals surface area contributed by atoms with Crippen molar-refractivity contribution in [1.82, 2.24) is 9.88 Å². The van der Waals surface area contributed by atoms with Gasteiger partial charge in [-0.1, -0.05) is 6.92 Å². The number of urea groups is 1. The minimum absolute atomic E-state index is 0.372. The van der Waals surface area contributed by atoms with Crippen LogP contribution in [0.1, 0.15) is 31.9 Å². The second kappa shape index (κ2) is 5.48. The number of amides is 2. The lowest BCUT2D eigenvalue weighted by atomic mass is 9.93. The maximum absolute atomic E-state index is 12.4. The molecule has 1 aromatic heterocycles. The molecule has 1 saturated heterocycles. The van der Waals surface area contributed by atoms with Crippen LogP contribution in [0.3, 0.4) is 0 Å². The monoisotopic (exact) mass is 277 g/mol. The van der Waals surface area contributed by atoms with Crippen molar-refractivity contribution in [3.63, 3.8) is 0 Å². The van der Waals surface area contributed by atoms with E-state index in [0.717, 1.165) is 0 Å². The summed E-state index contributed by atoms with van der Waals surface area (Å²) in [4.78, 5) is 29.5. The number of aryl methyl sites for hydroxylation is 1. The van der Waals surface area contributed by atoms with Gasteiger partial charge in [-0.25, -0.2) is 9.59 Å². The number of carbonyl (C=O) groups is 2. The number of anilines is 1. The lowest BCUT2D eigenvalue weighted by Crippen LogP contribution is -2.54. The molecule has 2 amide bonds. The van der Waals surface area contributed by atoms with E-state index in [1.165, 1.54) is 4.90 Å². The lowest BCUT2D eigenvalue weighted by molar-refractivity contribution is -0.148. The van der Waals surface area contributed by atoms with Gasteiger partial charge in [0.1, 0.15) is 5.54 Å². The summed E-state index contributed by atoms with van der Waals surface area (Å²) in [6.45, 7) is 4.06. The van der Waals surface area contributed by atoms with Gasteiger partial charge in [0, 0.05) is 12.7 Å². The first-order valence-electron chi connectivity index (χ1n) is 6.75. The molecule has 1 unspecified atom stereocenters. The number of aliphatic carboxylic acids is 1. The molecule has 108 valence electrons. The molecule has 2 rings (SSSR count). The zero-order valence-corrected chi connectivity index (χ0v) is 11.7. The number of rotatable bonds is 3. The standard InChI is InChI=1S/C14H19N3O3/c1-3-14(12(18)19)7-5-9-17(14)13(20)16-11-6-4-8-15-10(11)2/h4,6,8H,3,5,7,9H2,1-2H3,(H,16,20)(H,18,19). The Bertz CT molecular complexity index is 532. The fourth-order valence-corrected chi connectivity index (χ4v) is 2.71.